The summed E-state index contributed by atoms with van der Waals surface area (Å²) < 4.78 is 9.92. The molecule has 0 fully saturated rings. The highest BCUT2D eigenvalue weighted by Gasteiger charge is 2.23. The van der Waals surface area contributed by atoms with Crippen LogP contribution < -0.4 is 10.1 Å². The number of hydrogen-bond acceptors (Lipinski definition) is 4. The van der Waals surface area contributed by atoms with Crippen LogP contribution in [0.15, 0.2) is 18.2 Å². The zero-order valence-corrected chi connectivity index (χ0v) is 10.2. The van der Waals surface area contributed by atoms with Crippen molar-refractivity contribution < 1.29 is 14.3 Å². The van der Waals surface area contributed by atoms with Gasteiger partial charge in [-0.1, -0.05) is 6.07 Å². The van der Waals surface area contributed by atoms with E-state index in [0.717, 1.165) is 18.8 Å². The van der Waals surface area contributed by atoms with Crippen LogP contribution in [0.25, 0.3) is 0 Å². The topological polar surface area (TPSA) is 47.6 Å². The number of carbonyl (C=O) groups excluding carboxylic acids is 1. The molecule has 1 aliphatic heterocycles. The van der Waals surface area contributed by atoms with Crippen molar-refractivity contribution in [1.29, 1.82) is 0 Å². The molecule has 0 amide bonds. The summed E-state index contributed by atoms with van der Waals surface area (Å²) in [6.07, 6.45) is 0.419. The standard InChI is InChI=1S/C13H17NO3/c1-16-11-3-4-12-9(5-11)7-14-8-10(12)6-13(15)17-2/h3-5,10,14H,6-8H2,1-2H3. The highest BCUT2D eigenvalue weighted by atomic mass is 16.5. The van der Waals surface area contributed by atoms with Gasteiger partial charge in [-0.25, -0.2) is 0 Å². The Morgan fingerprint density at radius 3 is 3.00 bits per heavy atom. The third-order valence-corrected chi connectivity index (χ3v) is 3.14. The molecule has 4 nitrogen and oxygen atoms in total. The van der Waals surface area contributed by atoms with Crippen LogP contribution in [0.3, 0.4) is 0 Å². The second kappa shape index (κ2) is 5.19. The van der Waals surface area contributed by atoms with E-state index in [2.05, 4.69) is 5.32 Å². The summed E-state index contributed by atoms with van der Waals surface area (Å²) in [5, 5.41) is 3.31. The summed E-state index contributed by atoms with van der Waals surface area (Å²) in [4.78, 5) is 11.3. The van der Waals surface area contributed by atoms with Crippen molar-refractivity contribution in [2.75, 3.05) is 20.8 Å². The normalized spacial score (nSPS) is 18.4. The molecule has 1 aromatic rings. The first-order valence-electron chi connectivity index (χ1n) is 5.69. The van der Waals surface area contributed by atoms with Gasteiger partial charge in [-0.3, -0.25) is 4.79 Å². The van der Waals surface area contributed by atoms with Crippen molar-refractivity contribution in [2.45, 2.75) is 18.9 Å². The maximum absolute atomic E-state index is 11.3. The maximum Gasteiger partial charge on any atom is 0.306 e. The van der Waals surface area contributed by atoms with Crippen molar-refractivity contribution in [2.24, 2.45) is 0 Å². The Kier molecular flexibility index (Phi) is 3.64. The number of esters is 1. The smallest absolute Gasteiger partial charge is 0.306 e. The largest absolute Gasteiger partial charge is 0.497 e. The summed E-state index contributed by atoms with van der Waals surface area (Å²) >= 11 is 0. The van der Waals surface area contributed by atoms with Gasteiger partial charge in [0.15, 0.2) is 0 Å². The average Bonchev–Trinajstić information content (AvgIpc) is 2.38. The summed E-state index contributed by atoms with van der Waals surface area (Å²) in [5.74, 6) is 0.877. The third kappa shape index (κ3) is 2.58. The van der Waals surface area contributed by atoms with Gasteiger partial charge in [0.25, 0.3) is 0 Å². The first-order valence-corrected chi connectivity index (χ1v) is 5.69. The molecular weight excluding hydrogens is 218 g/mol. The maximum atomic E-state index is 11.3. The van der Waals surface area contributed by atoms with Crippen LogP contribution in [-0.4, -0.2) is 26.7 Å². The molecule has 2 rings (SSSR count). The lowest BCUT2D eigenvalue weighted by molar-refractivity contribution is -0.141. The van der Waals surface area contributed by atoms with E-state index in [1.54, 1.807) is 7.11 Å². The number of carbonyl (C=O) groups is 1. The van der Waals surface area contributed by atoms with Crippen molar-refractivity contribution in [3.05, 3.63) is 29.3 Å². The minimum absolute atomic E-state index is 0.166. The average molecular weight is 235 g/mol. The van der Waals surface area contributed by atoms with Crippen molar-refractivity contribution in [1.82, 2.24) is 5.32 Å². The SMILES string of the molecule is COC(=O)CC1CNCc2cc(OC)ccc21. The predicted octanol–water partition coefficient (Wildman–Crippen LogP) is 1.45. The second-order valence-electron chi connectivity index (χ2n) is 4.17. The molecule has 1 heterocycles. The van der Waals surface area contributed by atoms with E-state index in [9.17, 15) is 4.79 Å². The van der Waals surface area contributed by atoms with Crippen molar-refractivity contribution >= 4 is 5.97 Å². The molecule has 0 saturated carbocycles. The highest BCUT2D eigenvalue weighted by Crippen LogP contribution is 2.29. The van der Waals surface area contributed by atoms with Gasteiger partial charge in [0.2, 0.25) is 0 Å². The Morgan fingerprint density at radius 1 is 1.47 bits per heavy atom. The summed E-state index contributed by atoms with van der Waals surface area (Å²) in [5.41, 5.74) is 2.42. The van der Waals surface area contributed by atoms with Crippen molar-refractivity contribution in [3.8, 4) is 5.75 Å². The number of hydrogen-bond donors (Lipinski definition) is 1. The summed E-state index contributed by atoms with van der Waals surface area (Å²) in [6.45, 7) is 1.64. The Morgan fingerprint density at radius 2 is 2.29 bits per heavy atom. The number of fused-ring (bicyclic) bond motifs is 1. The Bertz CT molecular complexity index is 417. The third-order valence-electron chi connectivity index (χ3n) is 3.14. The van der Waals surface area contributed by atoms with E-state index < -0.39 is 0 Å². The summed E-state index contributed by atoms with van der Waals surface area (Å²) in [7, 11) is 3.08. The van der Waals surface area contributed by atoms with Gasteiger partial charge < -0.3 is 14.8 Å². The molecular formula is C13H17NO3. The molecule has 0 bridgehead atoms. The number of ether oxygens (including phenoxy) is 2. The number of benzene rings is 1. The lowest BCUT2D eigenvalue weighted by atomic mass is 9.88. The lowest BCUT2D eigenvalue weighted by Gasteiger charge is -2.26. The van der Waals surface area contributed by atoms with Gasteiger partial charge in [-0.15, -0.1) is 0 Å². The van der Waals surface area contributed by atoms with Crippen LogP contribution in [0.1, 0.15) is 23.5 Å². The van der Waals surface area contributed by atoms with Crippen LogP contribution in [-0.2, 0) is 16.1 Å². The van der Waals surface area contributed by atoms with Crippen LogP contribution in [0.5, 0.6) is 5.75 Å². The van der Waals surface area contributed by atoms with E-state index in [1.165, 1.54) is 18.2 Å². The van der Waals surface area contributed by atoms with Gasteiger partial charge in [0.05, 0.1) is 20.6 Å². The molecule has 0 radical (unpaired) electrons. The fraction of sp³-hybridized carbons (Fsp3) is 0.462. The zero-order valence-electron chi connectivity index (χ0n) is 10.2. The summed E-state index contributed by atoms with van der Waals surface area (Å²) in [6, 6.07) is 6.00. The molecule has 0 spiro atoms. The lowest BCUT2D eigenvalue weighted by Crippen LogP contribution is -2.29. The van der Waals surface area contributed by atoms with Crippen LogP contribution in [0, 0.1) is 0 Å². The Hall–Kier alpha value is -1.55. The number of nitrogens with one attached hydrogen (secondary N) is 1. The molecule has 92 valence electrons. The van der Waals surface area contributed by atoms with Gasteiger partial charge in [-0.05, 0) is 23.3 Å². The molecule has 0 aromatic heterocycles. The molecule has 1 atom stereocenters. The molecule has 1 aromatic carbocycles. The van der Waals surface area contributed by atoms with E-state index in [4.69, 9.17) is 9.47 Å². The minimum Gasteiger partial charge on any atom is -0.497 e. The van der Waals surface area contributed by atoms with E-state index in [-0.39, 0.29) is 11.9 Å². The molecule has 0 saturated heterocycles. The number of rotatable bonds is 3. The van der Waals surface area contributed by atoms with Gasteiger partial charge in [0, 0.05) is 19.0 Å². The molecule has 4 heteroatoms. The predicted molar refractivity (Wildman–Crippen MR) is 64.1 cm³/mol. The molecule has 1 aliphatic rings. The number of methoxy groups -OCH3 is 2. The Balaban J connectivity index is 2.22. The molecule has 0 aliphatic carbocycles. The first kappa shape index (κ1) is 11.9. The minimum atomic E-state index is -0.166. The van der Waals surface area contributed by atoms with Crippen LogP contribution in [0.2, 0.25) is 0 Å². The van der Waals surface area contributed by atoms with Gasteiger partial charge in [-0.2, -0.15) is 0 Å². The highest BCUT2D eigenvalue weighted by molar-refractivity contribution is 5.70. The quantitative estimate of drug-likeness (QED) is 0.805. The van der Waals surface area contributed by atoms with Gasteiger partial charge in [0.1, 0.15) is 5.75 Å². The fourth-order valence-electron chi connectivity index (χ4n) is 2.22. The van der Waals surface area contributed by atoms with Crippen molar-refractivity contribution in [3.63, 3.8) is 0 Å². The van der Waals surface area contributed by atoms with E-state index in [1.807, 2.05) is 18.2 Å². The second-order valence-corrected chi connectivity index (χ2v) is 4.17. The van der Waals surface area contributed by atoms with E-state index in [0.29, 0.717) is 6.42 Å². The molecule has 1 unspecified atom stereocenters. The molecule has 1 N–H and O–H groups in total. The van der Waals surface area contributed by atoms with E-state index >= 15 is 0 Å². The Labute approximate surface area is 101 Å². The fourth-order valence-corrected chi connectivity index (χ4v) is 2.22. The van der Waals surface area contributed by atoms with Crippen LogP contribution in [0.4, 0.5) is 0 Å². The molecule has 17 heavy (non-hydrogen) atoms. The van der Waals surface area contributed by atoms with Crippen LogP contribution >= 0.6 is 0 Å². The monoisotopic (exact) mass is 235 g/mol. The first-order chi connectivity index (χ1) is 8.24. The zero-order chi connectivity index (χ0) is 12.3. The van der Waals surface area contributed by atoms with Gasteiger partial charge >= 0.3 is 5.97 Å².